The van der Waals surface area contributed by atoms with Crippen LogP contribution in [-0.2, 0) is 0 Å². The standard InChI is InChI=1S/C31H20N2O/c1-3-10-21(11-4-1)25-15-9-17-29(32-25)33-26-16-8-7-14-24(26)30-27(33)19-18-23-20-28(34-31(23)30)22-12-5-2-6-13-22/h1-20H. The minimum absolute atomic E-state index is 0.879. The monoisotopic (exact) mass is 436 g/mol. The van der Waals surface area contributed by atoms with Crippen LogP contribution >= 0.6 is 0 Å². The molecule has 4 aromatic carbocycles. The number of pyridine rings is 1. The molecular formula is C31H20N2O. The molecule has 0 unspecified atom stereocenters. The van der Waals surface area contributed by atoms with Gasteiger partial charge in [0, 0.05) is 21.9 Å². The van der Waals surface area contributed by atoms with Crippen molar-refractivity contribution in [1.82, 2.24) is 9.55 Å². The van der Waals surface area contributed by atoms with Crippen molar-refractivity contribution in [2.45, 2.75) is 0 Å². The van der Waals surface area contributed by atoms with Crippen molar-refractivity contribution in [1.29, 1.82) is 0 Å². The van der Waals surface area contributed by atoms with E-state index in [0.717, 1.165) is 61.2 Å². The summed E-state index contributed by atoms with van der Waals surface area (Å²) in [6.45, 7) is 0. The van der Waals surface area contributed by atoms with Gasteiger partial charge in [0.05, 0.1) is 22.1 Å². The van der Waals surface area contributed by atoms with Gasteiger partial charge in [-0.1, -0.05) is 84.9 Å². The van der Waals surface area contributed by atoms with Gasteiger partial charge >= 0.3 is 0 Å². The number of para-hydroxylation sites is 1. The van der Waals surface area contributed by atoms with Gasteiger partial charge in [-0.3, -0.25) is 4.57 Å². The van der Waals surface area contributed by atoms with Gasteiger partial charge in [-0.05, 0) is 36.4 Å². The fourth-order valence-electron chi connectivity index (χ4n) is 4.86. The largest absolute Gasteiger partial charge is 0.455 e. The first-order chi connectivity index (χ1) is 16.9. The number of furan rings is 1. The molecule has 7 aromatic rings. The molecule has 3 heterocycles. The van der Waals surface area contributed by atoms with Crippen LogP contribution in [0, 0.1) is 0 Å². The van der Waals surface area contributed by atoms with Crippen molar-refractivity contribution < 1.29 is 4.42 Å². The van der Waals surface area contributed by atoms with Crippen LogP contribution in [0.4, 0.5) is 0 Å². The Labute approximate surface area is 196 Å². The van der Waals surface area contributed by atoms with E-state index in [9.17, 15) is 0 Å². The highest BCUT2D eigenvalue weighted by Crippen LogP contribution is 2.39. The zero-order valence-corrected chi connectivity index (χ0v) is 18.3. The second-order valence-electron chi connectivity index (χ2n) is 8.45. The van der Waals surface area contributed by atoms with Crippen LogP contribution in [-0.4, -0.2) is 9.55 Å². The summed E-state index contributed by atoms with van der Waals surface area (Å²) in [6, 6.07) is 41.7. The lowest BCUT2D eigenvalue weighted by molar-refractivity contribution is 0.635. The maximum absolute atomic E-state index is 6.48. The fourth-order valence-corrected chi connectivity index (χ4v) is 4.86. The molecule has 0 saturated carbocycles. The summed E-state index contributed by atoms with van der Waals surface area (Å²) in [7, 11) is 0. The number of nitrogens with zero attached hydrogens (tertiary/aromatic N) is 2. The first-order valence-corrected chi connectivity index (χ1v) is 11.4. The molecule has 0 aliphatic carbocycles. The zero-order chi connectivity index (χ0) is 22.5. The highest BCUT2D eigenvalue weighted by molar-refractivity contribution is 6.19. The van der Waals surface area contributed by atoms with E-state index in [1.165, 1.54) is 0 Å². The van der Waals surface area contributed by atoms with Crippen molar-refractivity contribution >= 4 is 32.8 Å². The van der Waals surface area contributed by atoms with Crippen LogP contribution in [0.1, 0.15) is 0 Å². The Bertz CT molecular complexity index is 1790. The first kappa shape index (κ1) is 18.9. The van der Waals surface area contributed by atoms with Crippen LogP contribution in [0.3, 0.4) is 0 Å². The van der Waals surface area contributed by atoms with Gasteiger partial charge in [0.1, 0.15) is 17.2 Å². The summed E-state index contributed by atoms with van der Waals surface area (Å²) < 4.78 is 8.72. The van der Waals surface area contributed by atoms with E-state index in [1.54, 1.807) is 0 Å². The molecule has 0 atom stereocenters. The van der Waals surface area contributed by atoms with Gasteiger partial charge in [0.15, 0.2) is 0 Å². The van der Waals surface area contributed by atoms with E-state index < -0.39 is 0 Å². The molecule has 34 heavy (non-hydrogen) atoms. The Balaban J connectivity index is 1.52. The Kier molecular flexibility index (Phi) is 4.15. The lowest BCUT2D eigenvalue weighted by Gasteiger charge is -2.09. The highest BCUT2D eigenvalue weighted by atomic mass is 16.3. The van der Waals surface area contributed by atoms with Crippen LogP contribution < -0.4 is 0 Å². The van der Waals surface area contributed by atoms with Crippen molar-refractivity contribution in [2.24, 2.45) is 0 Å². The van der Waals surface area contributed by atoms with E-state index in [-0.39, 0.29) is 0 Å². The molecule has 0 N–H and O–H groups in total. The topological polar surface area (TPSA) is 31.0 Å². The van der Waals surface area contributed by atoms with E-state index >= 15 is 0 Å². The zero-order valence-electron chi connectivity index (χ0n) is 18.3. The molecule has 0 fully saturated rings. The average Bonchev–Trinajstić information content (AvgIpc) is 3.49. The predicted molar refractivity (Wildman–Crippen MR) is 139 cm³/mol. The van der Waals surface area contributed by atoms with Crippen molar-refractivity contribution in [3.05, 3.63) is 121 Å². The minimum atomic E-state index is 0.879. The van der Waals surface area contributed by atoms with E-state index in [0.29, 0.717) is 0 Å². The number of fused-ring (bicyclic) bond motifs is 5. The quantitative estimate of drug-likeness (QED) is 0.279. The SMILES string of the molecule is c1ccc(-c2cccc(-n3c4ccccc4c4c5oc(-c6ccccc6)cc5ccc43)n2)cc1. The molecular weight excluding hydrogens is 416 g/mol. The fraction of sp³-hybridized carbons (Fsp3) is 0. The van der Waals surface area contributed by atoms with E-state index in [1.807, 2.05) is 36.4 Å². The van der Waals surface area contributed by atoms with Gasteiger partial charge in [-0.25, -0.2) is 4.98 Å². The van der Waals surface area contributed by atoms with Crippen molar-refractivity contribution in [3.63, 3.8) is 0 Å². The van der Waals surface area contributed by atoms with Gasteiger partial charge < -0.3 is 4.42 Å². The third-order valence-corrected chi connectivity index (χ3v) is 6.41. The summed E-state index contributed by atoms with van der Waals surface area (Å²) in [6.07, 6.45) is 0. The third kappa shape index (κ3) is 2.87. The van der Waals surface area contributed by atoms with E-state index in [2.05, 4.69) is 89.5 Å². The molecule has 0 spiro atoms. The summed E-state index contributed by atoms with van der Waals surface area (Å²) in [4.78, 5) is 5.05. The Morgan fingerprint density at radius 1 is 0.588 bits per heavy atom. The molecule has 7 rings (SSSR count). The molecule has 0 aliphatic rings. The Morgan fingerprint density at radius 3 is 2.15 bits per heavy atom. The molecule has 3 nitrogen and oxygen atoms in total. The molecule has 0 aliphatic heterocycles. The lowest BCUT2D eigenvalue weighted by atomic mass is 10.1. The van der Waals surface area contributed by atoms with Crippen LogP contribution in [0.5, 0.6) is 0 Å². The molecule has 0 amide bonds. The summed E-state index contributed by atoms with van der Waals surface area (Å²) >= 11 is 0. The van der Waals surface area contributed by atoms with E-state index in [4.69, 9.17) is 9.40 Å². The van der Waals surface area contributed by atoms with Gasteiger partial charge in [0.25, 0.3) is 0 Å². The lowest BCUT2D eigenvalue weighted by Crippen LogP contribution is -1.98. The number of rotatable bonds is 3. The van der Waals surface area contributed by atoms with Crippen LogP contribution in [0.2, 0.25) is 0 Å². The van der Waals surface area contributed by atoms with Gasteiger partial charge in [0.2, 0.25) is 0 Å². The number of benzene rings is 4. The summed E-state index contributed by atoms with van der Waals surface area (Å²) in [5.74, 6) is 1.77. The van der Waals surface area contributed by atoms with Crippen molar-refractivity contribution in [3.8, 4) is 28.4 Å². The maximum atomic E-state index is 6.48. The molecule has 0 radical (unpaired) electrons. The molecule has 0 bridgehead atoms. The van der Waals surface area contributed by atoms with Crippen molar-refractivity contribution in [2.75, 3.05) is 0 Å². The highest BCUT2D eigenvalue weighted by Gasteiger charge is 2.18. The molecule has 0 saturated heterocycles. The Hall–Kier alpha value is -4.63. The average molecular weight is 437 g/mol. The van der Waals surface area contributed by atoms with Gasteiger partial charge in [-0.15, -0.1) is 0 Å². The number of hydrogen-bond acceptors (Lipinski definition) is 2. The third-order valence-electron chi connectivity index (χ3n) is 6.41. The second-order valence-corrected chi connectivity index (χ2v) is 8.45. The second kappa shape index (κ2) is 7.46. The summed E-state index contributed by atoms with van der Waals surface area (Å²) in [5, 5.41) is 3.37. The molecule has 3 heteroatoms. The first-order valence-electron chi connectivity index (χ1n) is 11.4. The van der Waals surface area contributed by atoms with Gasteiger partial charge in [-0.2, -0.15) is 0 Å². The Morgan fingerprint density at radius 2 is 1.32 bits per heavy atom. The maximum Gasteiger partial charge on any atom is 0.144 e. The predicted octanol–water partition coefficient (Wildman–Crippen LogP) is 8.26. The molecule has 3 aromatic heterocycles. The van der Waals surface area contributed by atoms with Crippen LogP contribution in [0.15, 0.2) is 126 Å². The van der Waals surface area contributed by atoms with Crippen LogP contribution in [0.25, 0.3) is 61.2 Å². The number of aromatic nitrogens is 2. The molecule has 160 valence electrons. The normalized spacial score (nSPS) is 11.5. The minimum Gasteiger partial charge on any atom is -0.455 e. The smallest absolute Gasteiger partial charge is 0.144 e. The summed E-state index contributed by atoms with van der Waals surface area (Å²) in [5.41, 5.74) is 6.24. The number of hydrogen-bond donors (Lipinski definition) is 0.